The molecule has 1 aromatic carbocycles. The van der Waals surface area contributed by atoms with Gasteiger partial charge in [0, 0.05) is 6.54 Å². The Labute approximate surface area is 166 Å². The summed E-state index contributed by atoms with van der Waals surface area (Å²) in [6.07, 6.45) is 5.90. The number of benzene rings is 1. The number of amides is 1. The van der Waals surface area contributed by atoms with Crippen molar-refractivity contribution in [3.05, 3.63) is 41.7 Å². The lowest BCUT2D eigenvalue weighted by Crippen LogP contribution is -2.29. The van der Waals surface area contributed by atoms with Crippen LogP contribution in [0.2, 0.25) is 0 Å². The van der Waals surface area contributed by atoms with E-state index in [1.54, 1.807) is 6.20 Å². The highest BCUT2D eigenvalue weighted by atomic mass is 35.5. The van der Waals surface area contributed by atoms with E-state index < -0.39 is 0 Å². The summed E-state index contributed by atoms with van der Waals surface area (Å²) in [6.45, 7) is 5.23. The summed E-state index contributed by atoms with van der Waals surface area (Å²) in [5, 5.41) is 14.4. The molecular formula is C19H28ClN5O2. The van der Waals surface area contributed by atoms with Crippen LogP contribution in [0.3, 0.4) is 0 Å². The molecule has 1 fully saturated rings. The molecule has 1 amide bonds. The molecule has 8 heteroatoms. The van der Waals surface area contributed by atoms with Gasteiger partial charge in [-0.15, -0.1) is 17.5 Å². The highest BCUT2D eigenvalue weighted by Crippen LogP contribution is 2.17. The summed E-state index contributed by atoms with van der Waals surface area (Å²) in [5.41, 5.74) is 1.36. The van der Waals surface area contributed by atoms with Crippen molar-refractivity contribution < 1.29 is 9.53 Å². The topological polar surface area (TPSA) is 81.1 Å². The van der Waals surface area contributed by atoms with E-state index in [9.17, 15) is 4.79 Å². The summed E-state index contributed by atoms with van der Waals surface area (Å²) in [4.78, 5) is 12.3. The third-order valence-electron chi connectivity index (χ3n) is 4.54. The highest BCUT2D eigenvalue weighted by molar-refractivity contribution is 5.91. The maximum atomic E-state index is 12.3. The fourth-order valence-electron chi connectivity index (χ4n) is 2.98. The van der Waals surface area contributed by atoms with Gasteiger partial charge in [0.25, 0.3) is 5.91 Å². The number of nitrogens with one attached hydrogen (secondary N) is 2. The highest BCUT2D eigenvalue weighted by Gasteiger charge is 2.18. The van der Waals surface area contributed by atoms with Gasteiger partial charge in [0.2, 0.25) is 0 Å². The smallest absolute Gasteiger partial charge is 0.273 e. The number of ether oxygens (including phenoxy) is 1. The summed E-state index contributed by atoms with van der Waals surface area (Å²) in [6, 6.07) is 8.13. The van der Waals surface area contributed by atoms with Crippen LogP contribution in [0.5, 0.6) is 5.75 Å². The van der Waals surface area contributed by atoms with Gasteiger partial charge >= 0.3 is 0 Å². The van der Waals surface area contributed by atoms with Crippen molar-refractivity contribution in [2.45, 2.75) is 45.2 Å². The Morgan fingerprint density at radius 2 is 2.19 bits per heavy atom. The van der Waals surface area contributed by atoms with Gasteiger partial charge < -0.3 is 15.4 Å². The average Bonchev–Trinajstić information content (AvgIpc) is 3.18. The van der Waals surface area contributed by atoms with Crippen molar-refractivity contribution in [3.63, 3.8) is 0 Å². The van der Waals surface area contributed by atoms with Gasteiger partial charge in [0.1, 0.15) is 5.75 Å². The molecule has 2 aromatic rings. The van der Waals surface area contributed by atoms with Crippen LogP contribution >= 0.6 is 12.4 Å². The Morgan fingerprint density at radius 1 is 1.37 bits per heavy atom. The minimum atomic E-state index is -0.206. The van der Waals surface area contributed by atoms with E-state index >= 15 is 0 Å². The second-order valence-corrected chi connectivity index (χ2v) is 6.60. The van der Waals surface area contributed by atoms with Crippen LogP contribution in [0.15, 0.2) is 30.5 Å². The molecule has 2 heterocycles. The quantitative estimate of drug-likeness (QED) is 0.674. The number of hydrogen-bond donors (Lipinski definition) is 2. The largest absolute Gasteiger partial charge is 0.494 e. The van der Waals surface area contributed by atoms with Gasteiger partial charge in [0.05, 0.1) is 18.8 Å². The second-order valence-electron chi connectivity index (χ2n) is 6.60. The Kier molecular flexibility index (Phi) is 8.54. The van der Waals surface area contributed by atoms with E-state index in [0.29, 0.717) is 24.9 Å². The molecule has 0 aliphatic carbocycles. The predicted octanol–water partition coefficient (Wildman–Crippen LogP) is 2.73. The minimum absolute atomic E-state index is 0. The van der Waals surface area contributed by atoms with E-state index in [1.165, 1.54) is 0 Å². The molecule has 3 rings (SSSR count). The molecule has 0 saturated carbocycles. The number of carbonyl (C=O) groups excluding carboxylic acids is 1. The molecule has 1 aliphatic rings. The molecule has 0 bridgehead atoms. The Morgan fingerprint density at radius 3 is 2.96 bits per heavy atom. The number of piperidine rings is 1. The predicted molar refractivity (Wildman–Crippen MR) is 106 cm³/mol. The molecule has 1 aliphatic heterocycles. The lowest BCUT2D eigenvalue weighted by molar-refractivity contribution is 0.0945. The van der Waals surface area contributed by atoms with Crippen molar-refractivity contribution in [1.82, 2.24) is 25.6 Å². The first-order valence-electron chi connectivity index (χ1n) is 9.38. The van der Waals surface area contributed by atoms with Crippen LogP contribution in [0.4, 0.5) is 0 Å². The van der Waals surface area contributed by atoms with Crippen LogP contribution in [0.1, 0.15) is 54.7 Å². The van der Waals surface area contributed by atoms with E-state index in [2.05, 4.69) is 27.9 Å². The second kappa shape index (κ2) is 10.9. The molecule has 0 spiro atoms. The zero-order valence-electron chi connectivity index (χ0n) is 15.7. The number of hydrogen-bond acceptors (Lipinski definition) is 5. The van der Waals surface area contributed by atoms with Crippen molar-refractivity contribution in [1.29, 1.82) is 0 Å². The fourth-order valence-corrected chi connectivity index (χ4v) is 2.98. The van der Waals surface area contributed by atoms with Gasteiger partial charge in [-0.25, -0.2) is 4.68 Å². The number of nitrogens with zero attached hydrogens (tertiary/aromatic N) is 3. The first-order chi connectivity index (χ1) is 12.8. The van der Waals surface area contributed by atoms with Crippen LogP contribution in [0.25, 0.3) is 0 Å². The number of unbranched alkanes of at least 4 members (excludes halogenated alkanes) is 1. The van der Waals surface area contributed by atoms with Crippen LogP contribution in [-0.2, 0) is 6.54 Å². The van der Waals surface area contributed by atoms with Gasteiger partial charge in [0.15, 0.2) is 5.69 Å². The van der Waals surface area contributed by atoms with Gasteiger partial charge in [-0.2, -0.15) is 0 Å². The maximum absolute atomic E-state index is 12.3. The number of carbonyl (C=O) groups is 1. The molecule has 1 aromatic heterocycles. The maximum Gasteiger partial charge on any atom is 0.273 e. The standard InChI is InChI=1S/C19H27N5O2.ClH/c1-2-3-11-26-17-6-4-5-15(12-17)13-21-19(25)18-14-24(23-22-18)16-7-9-20-10-8-16;/h4-6,12,14,16,20H,2-3,7-11,13H2,1H3,(H,21,25);1H. The summed E-state index contributed by atoms with van der Waals surface area (Å²) in [5.74, 6) is 0.629. The SMILES string of the molecule is CCCCOc1cccc(CNC(=O)c2cn(C3CCNCC3)nn2)c1.Cl. The Balaban J connectivity index is 0.00000261. The summed E-state index contributed by atoms with van der Waals surface area (Å²) >= 11 is 0. The van der Waals surface area contributed by atoms with E-state index in [4.69, 9.17) is 4.74 Å². The lowest BCUT2D eigenvalue weighted by atomic mass is 10.1. The van der Waals surface area contributed by atoms with Crippen molar-refractivity contribution in [2.24, 2.45) is 0 Å². The summed E-state index contributed by atoms with van der Waals surface area (Å²) < 4.78 is 7.52. The third kappa shape index (κ3) is 6.22. The van der Waals surface area contributed by atoms with Gasteiger partial charge in [-0.3, -0.25) is 4.79 Å². The van der Waals surface area contributed by atoms with E-state index in [0.717, 1.165) is 50.1 Å². The van der Waals surface area contributed by atoms with Crippen molar-refractivity contribution >= 4 is 18.3 Å². The first kappa shape index (κ1) is 21.2. The molecular weight excluding hydrogens is 366 g/mol. The Hall–Kier alpha value is -2.12. The zero-order chi connectivity index (χ0) is 18.2. The molecule has 0 atom stereocenters. The molecule has 148 valence electrons. The molecule has 2 N–H and O–H groups in total. The zero-order valence-corrected chi connectivity index (χ0v) is 16.5. The normalized spacial score (nSPS) is 14.4. The van der Waals surface area contributed by atoms with Crippen molar-refractivity contribution in [3.8, 4) is 5.75 Å². The van der Waals surface area contributed by atoms with E-state index in [-0.39, 0.29) is 18.3 Å². The fraction of sp³-hybridized carbons (Fsp3) is 0.526. The monoisotopic (exact) mass is 393 g/mol. The van der Waals surface area contributed by atoms with Crippen LogP contribution < -0.4 is 15.4 Å². The average molecular weight is 394 g/mol. The van der Waals surface area contributed by atoms with E-state index in [1.807, 2.05) is 28.9 Å². The molecule has 27 heavy (non-hydrogen) atoms. The van der Waals surface area contributed by atoms with Gasteiger partial charge in [-0.05, 0) is 50.0 Å². The minimum Gasteiger partial charge on any atom is -0.494 e. The Bertz CT molecular complexity index is 716. The number of aromatic nitrogens is 3. The van der Waals surface area contributed by atoms with Gasteiger partial charge in [-0.1, -0.05) is 30.7 Å². The number of rotatable bonds is 8. The molecule has 1 saturated heterocycles. The lowest BCUT2D eigenvalue weighted by Gasteiger charge is -2.22. The van der Waals surface area contributed by atoms with Crippen LogP contribution in [0, 0.1) is 0 Å². The molecule has 0 radical (unpaired) electrons. The molecule has 0 unspecified atom stereocenters. The van der Waals surface area contributed by atoms with Crippen LogP contribution in [-0.4, -0.2) is 40.6 Å². The number of halogens is 1. The van der Waals surface area contributed by atoms with Crippen molar-refractivity contribution in [2.75, 3.05) is 19.7 Å². The first-order valence-corrected chi connectivity index (χ1v) is 9.38. The molecule has 7 nitrogen and oxygen atoms in total. The third-order valence-corrected chi connectivity index (χ3v) is 4.54. The summed E-state index contributed by atoms with van der Waals surface area (Å²) in [7, 11) is 0.